The molecule has 1 aliphatic rings. The van der Waals surface area contributed by atoms with Crippen LogP contribution >= 0.6 is 0 Å². The molecule has 0 amide bonds. The van der Waals surface area contributed by atoms with E-state index in [2.05, 4.69) is 21.7 Å². The van der Waals surface area contributed by atoms with Crippen LogP contribution in [-0.4, -0.2) is 16.0 Å². The monoisotopic (exact) mass is 338 g/mol. The fourth-order valence-corrected chi connectivity index (χ4v) is 3.68. The van der Waals surface area contributed by atoms with Gasteiger partial charge in [-0.15, -0.1) is 0 Å². The number of fused-ring (bicyclic) bond motifs is 1. The van der Waals surface area contributed by atoms with Gasteiger partial charge in [-0.1, -0.05) is 30.3 Å². The van der Waals surface area contributed by atoms with Crippen LogP contribution in [0.25, 0.3) is 0 Å². The van der Waals surface area contributed by atoms with Crippen LogP contribution in [0.2, 0.25) is 0 Å². The van der Waals surface area contributed by atoms with Crippen molar-refractivity contribution in [1.29, 1.82) is 0 Å². The predicted octanol–water partition coefficient (Wildman–Crippen LogP) is 4.76. The molecule has 4 rings (SSSR count). The van der Waals surface area contributed by atoms with E-state index in [9.17, 15) is 8.78 Å². The van der Waals surface area contributed by atoms with E-state index in [1.807, 2.05) is 30.3 Å². The van der Waals surface area contributed by atoms with Crippen molar-refractivity contribution in [2.75, 3.05) is 6.54 Å². The van der Waals surface area contributed by atoms with Crippen LogP contribution in [0.1, 0.15) is 29.3 Å². The normalized spacial score (nSPS) is 17.9. The van der Waals surface area contributed by atoms with Crippen LogP contribution in [-0.2, 0) is 13.1 Å². The Kier molecular flexibility index (Phi) is 4.36. The Bertz CT molecular complexity index is 854. The summed E-state index contributed by atoms with van der Waals surface area (Å²) in [7, 11) is 0. The van der Waals surface area contributed by atoms with Crippen LogP contribution in [0.15, 0.2) is 66.9 Å². The molecule has 0 radical (unpaired) electrons. The van der Waals surface area contributed by atoms with Gasteiger partial charge in [0.15, 0.2) is 0 Å². The number of nitrogens with zero attached hydrogens (tertiary/aromatic N) is 2. The number of hydrogen-bond acceptors (Lipinski definition) is 1. The highest BCUT2D eigenvalue weighted by atomic mass is 19.1. The maximum Gasteiger partial charge on any atom is 0.127 e. The minimum Gasteiger partial charge on any atom is -0.350 e. The average molecular weight is 338 g/mol. The summed E-state index contributed by atoms with van der Waals surface area (Å²) in [5.41, 5.74) is 2.88. The molecule has 0 spiro atoms. The molecule has 0 N–H and O–H groups in total. The molecule has 0 bridgehead atoms. The third-order valence-corrected chi connectivity index (χ3v) is 4.87. The molecule has 1 unspecified atom stereocenters. The highest BCUT2D eigenvalue weighted by Gasteiger charge is 2.27. The molecule has 0 fully saturated rings. The lowest BCUT2D eigenvalue weighted by Gasteiger charge is -2.30. The summed E-state index contributed by atoms with van der Waals surface area (Å²) in [6, 6.07) is 17.7. The first kappa shape index (κ1) is 16.0. The minimum atomic E-state index is -0.242. The molecule has 4 heteroatoms. The zero-order valence-electron chi connectivity index (χ0n) is 13.9. The summed E-state index contributed by atoms with van der Waals surface area (Å²) in [6.45, 7) is 2.33. The van der Waals surface area contributed by atoms with Crippen molar-refractivity contribution in [3.05, 3.63) is 95.3 Å². The van der Waals surface area contributed by atoms with E-state index < -0.39 is 0 Å². The van der Waals surface area contributed by atoms with Gasteiger partial charge >= 0.3 is 0 Å². The number of rotatable bonds is 3. The molecule has 2 nitrogen and oxygen atoms in total. The third-order valence-electron chi connectivity index (χ3n) is 4.87. The van der Waals surface area contributed by atoms with E-state index in [1.165, 1.54) is 23.9 Å². The van der Waals surface area contributed by atoms with Crippen molar-refractivity contribution < 1.29 is 8.78 Å². The molecule has 0 aliphatic carbocycles. The summed E-state index contributed by atoms with van der Waals surface area (Å²) in [5.74, 6) is -0.423. The van der Waals surface area contributed by atoms with Gasteiger partial charge in [-0.25, -0.2) is 8.78 Å². The van der Waals surface area contributed by atoms with E-state index in [-0.39, 0.29) is 17.7 Å². The van der Waals surface area contributed by atoms with Gasteiger partial charge in [-0.3, -0.25) is 4.90 Å². The average Bonchev–Trinajstić information content (AvgIpc) is 3.00. The maximum absolute atomic E-state index is 14.2. The first-order chi connectivity index (χ1) is 12.2. The highest BCUT2D eigenvalue weighted by molar-refractivity contribution is 5.30. The standard InChI is InChI=1S/C21H20F2N2/c22-18-10-8-16(9-11-18)21-20-7-3-12-24(20)13-4-14-25(21)15-17-5-1-2-6-19(17)23/h1-3,5-12,21H,4,13-15H2. The lowest BCUT2D eigenvalue weighted by atomic mass is 10.0. The fraction of sp³-hybridized carbons (Fsp3) is 0.238. The highest BCUT2D eigenvalue weighted by Crippen LogP contribution is 2.33. The molecule has 1 aliphatic heterocycles. The summed E-state index contributed by atoms with van der Waals surface area (Å²) in [4.78, 5) is 2.28. The molecule has 3 aromatic rings. The Morgan fingerprint density at radius 2 is 1.68 bits per heavy atom. The van der Waals surface area contributed by atoms with Gasteiger partial charge in [-0.05, 0) is 42.3 Å². The number of benzene rings is 2. The van der Waals surface area contributed by atoms with Crippen molar-refractivity contribution in [2.45, 2.75) is 25.6 Å². The van der Waals surface area contributed by atoms with Gasteiger partial charge in [-0.2, -0.15) is 0 Å². The van der Waals surface area contributed by atoms with Crippen molar-refractivity contribution in [3.8, 4) is 0 Å². The van der Waals surface area contributed by atoms with Crippen molar-refractivity contribution in [2.24, 2.45) is 0 Å². The van der Waals surface area contributed by atoms with Crippen LogP contribution in [0.4, 0.5) is 8.78 Å². The van der Waals surface area contributed by atoms with Gasteiger partial charge in [0.25, 0.3) is 0 Å². The molecule has 25 heavy (non-hydrogen) atoms. The van der Waals surface area contributed by atoms with Gasteiger partial charge in [0.05, 0.1) is 6.04 Å². The van der Waals surface area contributed by atoms with Gasteiger partial charge < -0.3 is 4.57 Å². The van der Waals surface area contributed by atoms with Gasteiger partial charge in [0.2, 0.25) is 0 Å². The van der Waals surface area contributed by atoms with E-state index in [1.54, 1.807) is 6.07 Å². The molecule has 2 aromatic carbocycles. The largest absolute Gasteiger partial charge is 0.350 e. The van der Waals surface area contributed by atoms with Crippen LogP contribution < -0.4 is 0 Å². The second kappa shape index (κ2) is 6.81. The Morgan fingerprint density at radius 3 is 2.48 bits per heavy atom. The SMILES string of the molecule is Fc1ccc(C2c3cccn3CCCN2Cc2ccccc2F)cc1. The number of halogens is 2. The molecule has 2 heterocycles. The first-order valence-electron chi connectivity index (χ1n) is 8.60. The summed E-state index contributed by atoms with van der Waals surface area (Å²) >= 11 is 0. The van der Waals surface area contributed by atoms with E-state index in [0.717, 1.165) is 25.1 Å². The smallest absolute Gasteiger partial charge is 0.127 e. The molecular formula is C21H20F2N2. The predicted molar refractivity (Wildman–Crippen MR) is 94.1 cm³/mol. The zero-order chi connectivity index (χ0) is 17.2. The third kappa shape index (κ3) is 3.22. The Labute approximate surface area is 146 Å². The summed E-state index contributed by atoms with van der Waals surface area (Å²) in [5, 5.41) is 0. The summed E-state index contributed by atoms with van der Waals surface area (Å²) in [6.07, 6.45) is 3.08. The van der Waals surface area contributed by atoms with Gasteiger partial charge in [0.1, 0.15) is 11.6 Å². The second-order valence-corrected chi connectivity index (χ2v) is 6.50. The molecule has 0 saturated carbocycles. The lowest BCUT2D eigenvalue weighted by molar-refractivity contribution is 0.217. The fourth-order valence-electron chi connectivity index (χ4n) is 3.68. The molecular weight excluding hydrogens is 318 g/mol. The van der Waals surface area contributed by atoms with Crippen LogP contribution in [0.5, 0.6) is 0 Å². The topological polar surface area (TPSA) is 8.17 Å². The maximum atomic E-state index is 14.2. The molecule has 128 valence electrons. The Morgan fingerprint density at radius 1 is 0.880 bits per heavy atom. The van der Waals surface area contributed by atoms with E-state index >= 15 is 0 Å². The van der Waals surface area contributed by atoms with Crippen molar-refractivity contribution in [3.63, 3.8) is 0 Å². The minimum absolute atomic E-state index is 0.0160. The van der Waals surface area contributed by atoms with Crippen LogP contribution in [0.3, 0.4) is 0 Å². The molecule has 1 aromatic heterocycles. The van der Waals surface area contributed by atoms with E-state index in [4.69, 9.17) is 0 Å². The van der Waals surface area contributed by atoms with Crippen molar-refractivity contribution >= 4 is 0 Å². The Balaban J connectivity index is 1.75. The quantitative estimate of drug-likeness (QED) is 0.668. The lowest BCUT2D eigenvalue weighted by Crippen LogP contribution is -2.29. The summed E-state index contributed by atoms with van der Waals surface area (Å²) < 4.78 is 29.8. The second-order valence-electron chi connectivity index (χ2n) is 6.50. The van der Waals surface area contributed by atoms with Gasteiger partial charge in [0, 0.05) is 37.1 Å². The number of hydrogen-bond donors (Lipinski definition) is 0. The first-order valence-corrected chi connectivity index (χ1v) is 8.60. The molecule has 1 atom stereocenters. The number of aromatic nitrogens is 1. The van der Waals surface area contributed by atoms with Crippen LogP contribution in [0, 0.1) is 11.6 Å². The van der Waals surface area contributed by atoms with E-state index in [0.29, 0.717) is 12.1 Å². The molecule has 0 saturated heterocycles. The van der Waals surface area contributed by atoms with Crippen molar-refractivity contribution in [1.82, 2.24) is 9.47 Å². The zero-order valence-corrected chi connectivity index (χ0v) is 13.9. The Hall–Kier alpha value is -2.46. The number of aryl methyl sites for hydroxylation is 1.